The van der Waals surface area contributed by atoms with Gasteiger partial charge in [-0.2, -0.15) is 13.2 Å². The summed E-state index contributed by atoms with van der Waals surface area (Å²) in [5.74, 6) is 1.36. The second kappa shape index (κ2) is 7.55. The first-order chi connectivity index (χ1) is 12.4. The molecule has 2 aromatic rings. The first-order valence-electron chi connectivity index (χ1n) is 8.02. The summed E-state index contributed by atoms with van der Waals surface area (Å²) in [5.41, 5.74) is 0.219. The largest absolute Gasteiger partial charge is 0.486 e. The van der Waals surface area contributed by atoms with E-state index in [0.717, 1.165) is 17.7 Å². The smallest absolute Gasteiger partial charge is 0.416 e. The number of rotatable bonds is 4. The van der Waals surface area contributed by atoms with Crippen molar-refractivity contribution >= 4 is 11.7 Å². The van der Waals surface area contributed by atoms with Crippen LogP contribution in [0.3, 0.4) is 0 Å². The van der Waals surface area contributed by atoms with Crippen LogP contribution in [0.15, 0.2) is 42.5 Å². The van der Waals surface area contributed by atoms with Gasteiger partial charge in [0.1, 0.15) is 13.2 Å². The van der Waals surface area contributed by atoms with E-state index in [1.165, 1.54) is 12.1 Å². The van der Waals surface area contributed by atoms with Crippen LogP contribution in [0.5, 0.6) is 11.5 Å². The molecule has 2 aromatic carbocycles. The fourth-order valence-corrected chi connectivity index (χ4v) is 2.51. The summed E-state index contributed by atoms with van der Waals surface area (Å²) in [6, 6.07) is 9.45. The van der Waals surface area contributed by atoms with E-state index in [2.05, 4.69) is 10.6 Å². The molecular weight excluding hydrogens is 349 g/mol. The van der Waals surface area contributed by atoms with Gasteiger partial charge in [0.15, 0.2) is 11.5 Å². The molecule has 2 amide bonds. The van der Waals surface area contributed by atoms with Crippen molar-refractivity contribution in [2.75, 3.05) is 25.1 Å². The fraction of sp³-hybridized carbons (Fsp3) is 0.278. The standard InChI is InChI=1S/C18H17F3N2O3/c19-18(20,21)13-2-1-3-14(11-13)23-17(24)22-7-6-12-4-5-15-16(10-12)26-9-8-25-15/h1-5,10-11H,6-9H2,(H2,22,23,24). The normalized spacial score (nSPS) is 13.2. The van der Waals surface area contributed by atoms with Gasteiger partial charge >= 0.3 is 12.2 Å². The van der Waals surface area contributed by atoms with Gasteiger partial charge in [0.2, 0.25) is 0 Å². The maximum absolute atomic E-state index is 12.7. The highest BCUT2D eigenvalue weighted by Gasteiger charge is 2.30. The molecule has 0 aromatic heterocycles. The van der Waals surface area contributed by atoms with E-state index in [0.29, 0.717) is 37.7 Å². The third kappa shape index (κ3) is 4.59. The van der Waals surface area contributed by atoms with Crippen molar-refractivity contribution in [3.8, 4) is 11.5 Å². The van der Waals surface area contributed by atoms with Gasteiger partial charge in [0.05, 0.1) is 5.56 Å². The number of anilines is 1. The highest BCUT2D eigenvalue weighted by Crippen LogP contribution is 2.31. The molecule has 138 valence electrons. The van der Waals surface area contributed by atoms with Crippen molar-refractivity contribution < 1.29 is 27.4 Å². The molecule has 5 nitrogen and oxygen atoms in total. The van der Waals surface area contributed by atoms with Gasteiger partial charge in [-0.1, -0.05) is 12.1 Å². The minimum atomic E-state index is -4.45. The number of nitrogens with one attached hydrogen (secondary N) is 2. The van der Waals surface area contributed by atoms with Crippen molar-refractivity contribution in [1.29, 1.82) is 0 Å². The first-order valence-corrected chi connectivity index (χ1v) is 8.02. The number of ether oxygens (including phenoxy) is 2. The Morgan fingerprint density at radius 1 is 1.04 bits per heavy atom. The van der Waals surface area contributed by atoms with Crippen molar-refractivity contribution in [2.24, 2.45) is 0 Å². The molecule has 0 spiro atoms. The molecule has 0 fully saturated rings. The minimum absolute atomic E-state index is 0.0802. The van der Waals surface area contributed by atoms with Crippen LogP contribution in [0.25, 0.3) is 0 Å². The van der Waals surface area contributed by atoms with Gasteiger partial charge in [-0.05, 0) is 42.3 Å². The number of fused-ring (bicyclic) bond motifs is 1. The summed E-state index contributed by atoms with van der Waals surface area (Å²) < 4.78 is 48.9. The molecule has 0 saturated heterocycles. The maximum atomic E-state index is 12.7. The number of hydrogen-bond acceptors (Lipinski definition) is 3. The molecule has 2 N–H and O–H groups in total. The lowest BCUT2D eigenvalue weighted by atomic mass is 10.1. The monoisotopic (exact) mass is 366 g/mol. The number of halogens is 3. The number of hydrogen-bond donors (Lipinski definition) is 2. The Labute approximate surface area is 148 Å². The summed E-state index contributed by atoms with van der Waals surface area (Å²) in [4.78, 5) is 11.8. The van der Waals surface area contributed by atoms with Crippen LogP contribution < -0.4 is 20.1 Å². The van der Waals surface area contributed by atoms with Crippen LogP contribution in [-0.4, -0.2) is 25.8 Å². The van der Waals surface area contributed by atoms with Crippen LogP contribution >= 0.6 is 0 Å². The van der Waals surface area contributed by atoms with Crippen LogP contribution in [-0.2, 0) is 12.6 Å². The van der Waals surface area contributed by atoms with Crippen LogP contribution in [0.2, 0.25) is 0 Å². The quantitative estimate of drug-likeness (QED) is 0.864. The Morgan fingerprint density at radius 3 is 2.58 bits per heavy atom. The average molecular weight is 366 g/mol. The Kier molecular flexibility index (Phi) is 5.20. The van der Waals surface area contributed by atoms with Gasteiger partial charge < -0.3 is 20.1 Å². The predicted octanol–water partition coefficient (Wildman–Crippen LogP) is 3.84. The van der Waals surface area contributed by atoms with Crippen molar-refractivity contribution in [2.45, 2.75) is 12.6 Å². The summed E-state index contributed by atoms with van der Waals surface area (Å²) in [6.45, 7) is 1.34. The van der Waals surface area contributed by atoms with Gasteiger partial charge in [0.25, 0.3) is 0 Å². The molecule has 1 aliphatic rings. The molecule has 0 bridgehead atoms. The summed E-state index contributed by atoms with van der Waals surface area (Å²) in [5, 5.41) is 5.01. The third-order valence-corrected chi connectivity index (χ3v) is 3.75. The number of alkyl halides is 3. The molecule has 3 rings (SSSR count). The fourth-order valence-electron chi connectivity index (χ4n) is 2.51. The Balaban J connectivity index is 1.50. The minimum Gasteiger partial charge on any atom is -0.486 e. The van der Waals surface area contributed by atoms with E-state index >= 15 is 0 Å². The van der Waals surface area contributed by atoms with Gasteiger partial charge in [-0.25, -0.2) is 4.79 Å². The molecule has 26 heavy (non-hydrogen) atoms. The highest BCUT2D eigenvalue weighted by molar-refractivity contribution is 5.89. The lowest BCUT2D eigenvalue weighted by molar-refractivity contribution is -0.137. The summed E-state index contributed by atoms with van der Waals surface area (Å²) >= 11 is 0. The topological polar surface area (TPSA) is 59.6 Å². The first kappa shape index (κ1) is 17.9. The lowest BCUT2D eigenvalue weighted by Crippen LogP contribution is -2.30. The van der Waals surface area contributed by atoms with Crippen LogP contribution in [0.1, 0.15) is 11.1 Å². The van der Waals surface area contributed by atoms with E-state index in [4.69, 9.17) is 9.47 Å². The number of benzene rings is 2. The number of carbonyl (C=O) groups excluding carboxylic acids is 1. The second-order valence-electron chi connectivity index (χ2n) is 5.69. The maximum Gasteiger partial charge on any atom is 0.416 e. The zero-order valence-corrected chi connectivity index (χ0v) is 13.7. The molecule has 0 atom stereocenters. The van der Waals surface area contributed by atoms with E-state index in [1.807, 2.05) is 18.2 Å². The second-order valence-corrected chi connectivity index (χ2v) is 5.69. The number of carbonyl (C=O) groups is 1. The molecule has 1 aliphatic heterocycles. The predicted molar refractivity (Wildman–Crippen MR) is 89.6 cm³/mol. The molecule has 0 saturated carbocycles. The van der Waals surface area contributed by atoms with Crippen molar-refractivity contribution in [3.05, 3.63) is 53.6 Å². The van der Waals surface area contributed by atoms with E-state index < -0.39 is 17.8 Å². The van der Waals surface area contributed by atoms with Crippen molar-refractivity contribution in [3.63, 3.8) is 0 Å². The van der Waals surface area contributed by atoms with E-state index in [1.54, 1.807) is 0 Å². The third-order valence-electron chi connectivity index (χ3n) is 3.75. The molecular formula is C18H17F3N2O3. The molecule has 8 heteroatoms. The van der Waals surface area contributed by atoms with E-state index in [9.17, 15) is 18.0 Å². The average Bonchev–Trinajstić information content (AvgIpc) is 2.61. The van der Waals surface area contributed by atoms with Crippen LogP contribution in [0, 0.1) is 0 Å². The van der Waals surface area contributed by atoms with Crippen molar-refractivity contribution in [1.82, 2.24) is 5.32 Å². The summed E-state index contributed by atoms with van der Waals surface area (Å²) in [6.07, 6.45) is -3.90. The summed E-state index contributed by atoms with van der Waals surface area (Å²) in [7, 11) is 0. The SMILES string of the molecule is O=C(NCCc1ccc2c(c1)OCCO2)Nc1cccc(C(F)(F)F)c1. The zero-order chi connectivity index (χ0) is 18.6. The Morgan fingerprint density at radius 2 is 1.81 bits per heavy atom. The molecule has 0 unspecified atom stereocenters. The lowest BCUT2D eigenvalue weighted by Gasteiger charge is -2.18. The van der Waals surface area contributed by atoms with Crippen LogP contribution in [0.4, 0.5) is 23.7 Å². The van der Waals surface area contributed by atoms with E-state index in [-0.39, 0.29) is 5.69 Å². The van der Waals surface area contributed by atoms with Gasteiger partial charge in [-0.3, -0.25) is 0 Å². The zero-order valence-electron chi connectivity index (χ0n) is 13.7. The molecule has 0 radical (unpaired) electrons. The number of urea groups is 1. The molecule has 0 aliphatic carbocycles. The molecule has 1 heterocycles. The Hall–Kier alpha value is -2.90. The highest BCUT2D eigenvalue weighted by atomic mass is 19.4. The van der Waals surface area contributed by atoms with Gasteiger partial charge in [0, 0.05) is 12.2 Å². The Bertz CT molecular complexity index is 793. The number of amides is 2. The van der Waals surface area contributed by atoms with Gasteiger partial charge in [-0.15, -0.1) is 0 Å².